The summed E-state index contributed by atoms with van der Waals surface area (Å²) in [6, 6.07) is 9.49. The molecule has 1 aliphatic heterocycles. The van der Waals surface area contributed by atoms with Crippen molar-refractivity contribution in [3.63, 3.8) is 0 Å². The van der Waals surface area contributed by atoms with Crippen molar-refractivity contribution >= 4 is 0 Å². The van der Waals surface area contributed by atoms with Gasteiger partial charge < -0.3 is 10.1 Å². The standard InChI is InChI=1S/C16H23NO/c1-2-17-14-9-11-18-16(12-14)10-5-7-13-6-3-4-8-15(13)16/h3-4,6,8,14,17H,2,5,7,9-12H2,1H3. The molecule has 2 heteroatoms. The first-order valence-corrected chi connectivity index (χ1v) is 7.30. The predicted molar refractivity (Wildman–Crippen MR) is 73.7 cm³/mol. The van der Waals surface area contributed by atoms with Crippen LogP contribution in [-0.2, 0) is 16.8 Å². The molecule has 0 saturated carbocycles. The molecule has 1 fully saturated rings. The van der Waals surface area contributed by atoms with Gasteiger partial charge in [-0.2, -0.15) is 0 Å². The maximum absolute atomic E-state index is 6.27. The largest absolute Gasteiger partial charge is 0.370 e. The van der Waals surface area contributed by atoms with Crippen molar-refractivity contribution in [1.82, 2.24) is 5.32 Å². The number of fused-ring (bicyclic) bond motifs is 2. The molecular formula is C16H23NO. The van der Waals surface area contributed by atoms with Gasteiger partial charge >= 0.3 is 0 Å². The van der Waals surface area contributed by atoms with Gasteiger partial charge in [0.25, 0.3) is 0 Å². The predicted octanol–water partition coefficient (Wildman–Crippen LogP) is 3.01. The lowest BCUT2D eigenvalue weighted by Crippen LogP contribution is -2.46. The van der Waals surface area contributed by atoms with Crippen molar-refractivity contribution in [2.45, 2.75) is 50.7 Å². The Morgan fingerprint density at radius 1 is 1.39 bits per heavy atom. The van der Waals surface area contributed by atoms with Crippen molar-refractivity contribution in [3.05, 3.63) is 35.4 Å². The summed E-state index contributed by atoms with van der Waals surface area (Å²) in [5.41, 5.74) is 2.96. The monoisotopic (exact) mass is 245 g/mol. The molecule has 3 rings (SSSR count). The van der Waals surface area contributed by atoms with E-state index in [0.717, 1.165) is 26.0 Å². The lowest BCUT2D eigenvalue weighted by molar-refractivity contribution is -0.104. The van der Waals surface area contributed by atoms with Crippen LogP contribution in [0.15, 0.2) is 24.3 Å². The molecule has 1 aromatic carbocycles. The molecule has 1 aromatic rings. The number of benzene rings is 1. The van der Waals surface area contributed by atoms with E-state index in [1.807, 2.05) is 0 Å². The van der Waals surface area contributed by atoms with Crippen LogP contribution in [0.3, 0.4) is 0 Å². The highest BCUT2D eigenvalue weighted by Gasteiger charge is 2.41. The van der Waals surface area contributed by atoms with Gasteiger partial charge in [0, 0.05) is 12.6 Å². The molecule has 2 unspecified atom stereocenters. The van der Waals surface area contributed by atoms with Gasteiger partial charge in [0.2, 0.25) is 0 Å². The second-order valence-electron chi connectivity index (χ2n) is 5.60. The molecule has 0 aromatic heterocycles. The van der Waals surface area contributed by atoms with E-state index in [4.69, 9.17) is 4.74 Å². The minimum absolute atomic E-state index is 0.0000694. The number of aryl methyl sites for hydroxylation is 1. The quantitative estimate of drug-likeness (QED) is 0.865. The summed E-state index contributed by atoms with van der Waals surface area (Å²) in [4.78, 5) is 0. The molecule has 1 N–H and O–H groups in total. The van der Waals surface area contributed by atoms with E-state index in [9.17, 15) is 0 Å². The molecule has 2 nitrogen and oxygen atoms in total. The molecule has 0 bridgehead atoms. The highest BCUT2D eigenvalue weighted by molar-refractivity contribution is 5.35. The molecule has 0 radical (unpaired) electrons. The highest BCUT2D eigenvalue weighted by atomic mass is 16.5. The molecule has 0 amide bonds. The van der Waals surface area contributed by atoms with Crippen molar-refractivity contribution in [2.24, 2.45) is 0 Å². The Labute approximate surface area is 110 Å². The Hall–Kier alpha value is -0.860. The lowest BCUT2D eigenvalue weighted by atomic mass is 9.74. The Morgan fingerprint density at radius 3 is 3.17 bits per heavy atom. The van der Waals surface area contributed by atoms with Crippen molar-refractivity contribution in [2.75, 3.05) is 13.2 Å². The van der Waals surface area contributed by atoms with E-state index in [1.54, 1.807) is 0 Å². The molecule has 1 saturated heterocycles. The average molecular weight is 245 g/mol. The van der Waals surface area contributed by atoms with Crippen LogP contribution in [0.2, 0.25) is 0 Å². The minimum atomic E-state index is -0.0000694. The number of ether oxygens (including phenoxy) is 1. The van der Waals surface area contributed by atoms with Crippen LogP contribution in [-0.4, -0.2) is 19.2 Å². The third kappa shape index (κ3) is 2.08. The fourth-order valence-electron chi connectivity index (χ4n) is 3.66. The summed E-state index contributed by atoms with van der Waals surface area (Å²) < 4.78 is 6.27. The SMILES string of the molecule is CCNC1CCOC2(CCCc3ccccc32)C1. The second kappa shape index (κ2) is 5.02. The van der Waals surface area contributed by atoms with Gasteiger partial charge in [-0.3, -0.25) is 0 Å². The molecule has 1 spiro atoms. The topological polar surface area (TPSA) is 21.3 Å². The van der Waals surface area contributed by atoms with Gasteiger partial charge in [0.15, 0.2) is 0 Å². The zero-order chi connectivity index (χ0) is 12.4. The van der Waals surface area contributed by atoms with E-state index < -0.39 is 0 Å². The van der Waals surface area contributed by atoms with Gasteiger partial charge in [-0.05, 0) is 49.8 Å². The van der Waals surface area contributed by atoms with Crippen molar-refractivity contribution in [3.8, 4) is 0 Å². The summed E-state index contributed by atoms with van der Waals surface area (Å²) in [7, 11) is 0. The van der Waals surface area contributed by atoms with Gasteiger partial charge in [-0.25, -0.2) is 0 Å². The number of hydrogen-bond acceptors (Lipinski definition) is 2. The van der Waals surface area contributed by atoms with Crippen LogP contribution in [0, 0.1) is 0 Å². The van der Waals surface area contributed by atoms with Crippen LogP contribution in [0.25, 0.3) is 0 Å². The van der Waals surface area contributed by atoms with E-state index in [1.165, 1.54) is 30.4 Å². The zero-order valence-corrected chi connectivity index (χ0v) is 11.2. The van der Waals surface area contributed by atoms with E-state index in [0.29, 0.717) is 6.04 Å². The fraction of sp³-hybridized carbons (Fsp3) is 0.625. The van der Waals surface area contributed by atoms with Crippen LogP contribution >= 0.6 is 0 Å². The number of nitrogens with one attached hydrogen (secondary N) is 1. The molecule has 2 atom stereocenters. The van der Waals surface area contributed by atoms with Crippen LogP contribution in [0.4, 0.5) is 0 Å². The van der Waals surface area contributed by atoms with Gasteiger partial charge in [0.05, 0.1) is 5.60 Å². The first-order chi connectivity index (χ1) is 8.84. The van der Waals surface area contributed by atoms with E-state index in [2.05, 4.69) is 36.5 Å². The Bertz CT molecular complexity index is 415. The van der Waals surface area contributed by atoms with Crippen molar-refractivity contribution < 1.29 is 4.74 Å². The summed E-state index contributed by atoms with van der Waals surface area (Å²) in [5, 5.41) is 3.61. The molecule has 2 aliphatic rings. The summed E-state index contributed by atoms with van der Waals surface area (Å²) in [5.74, 6) is 0. The second-order valence-corrected chi connectivity index (χ2v) is 5.60. The van der Waals surface area contributed by atoms with Crippen LogP contribution < -0.4 is 5.32 Å². The summed E-state index contributed by atoms with van der Waals surface area (Å²) in [6.45, 7) is 4.14. The highest BCUT2D eigenvalue weighted by Crippen LogP contribution is 2.44. The molecule has 1 heterocycles. The molecule has 1 aliphatic carbocycles. The first kappa shape index (κ1) is 12.2. The smallest absolute Gasteiger partial charge is 0.0948 e. The third-order valence-corrected chi connectivity index (χ3v) is 4.45. The molecule has 18 heavy (non-hydrogen) atoms. The Morgan fingerprint density at radius 2 is 2.28 bits per heavy atom. The van der Waals surface area contributed by atoms with Gasteiger partial charge in [-0.1, -0.05) is 31.2 Å². The molecule has 98 valence electrons. The van der Waals surface area contributed by atoms with E-state index in [-0.39, 0.29) is 5.60 Å². The third-order valence-electron chi connectivity index (χ3n) is 4.45. The Kier molecular flexibility index (Phi) is 3.40. The number of hydrogen-bond donors (Lipinski definition) is 1. The van der Waals surface area contributed by atoms with Crippen LogP contribution in [0.5, 0.6) is 0 Å². The lowest BCUT2D eigenvalue weighted by Gasteiger charge is -2.45. The Balaban J connectivity index is 1.90. The van der Waals surface area contributed by atoms with Crippen LogP contribution in [0.1, 0.15) is 43.7 Å². The van der Waals surface area contributed by atoms with Crippen molar-refractivity contribution in [1.29, 1.82) is 0 Å². The molecular weight excluding hydrogens is 222 g/mol. The van der Waals surface area contributed by atoms with E-state index >= 15 is 0 Å². The summed E-state index contributed by atoms with van der Waals surface area (Å²) in [6.07, 6.45) is 5.95. The maximum atomic E-state index is 6.27. The minimum Gasteiger partial charge on any atom is -0.370 e. The zero-order valence-electron chi connectivity index (χ0n) is 11.2. The summed E-state index contributed by atoms with van der Waals surface area (Å²) >= 11 is 0. The maximum Gasteiger partial charge on any atom is 0.0948 e. The van der Waals surface area contributed by atoms with Gasteiger partial charge in [-0.15, -0.1) is 0 Å². The average Bonchev–Trinajstić information content (AvgIpc) is 2.40. The fourth-order valence-corrected chi connectivity index (χ4v) is 3.66. The van der Waals surface area contributed by atoms with Gasteiger partial charge in [0.1, 0.15) is 0 Å². The normalized spacial score (nSPS) is 31.3. The first-order valence-electron chi connectivity index (χ1n) is 7.30. The number of rotatable bonds is 2.